The van der Waals surface area contributed by atoms with Gasteiger partial charge in [-0.3, -0.25) is 9.35 Å². The van der Waals surface area contributed by atoms with Crippen LogP contribution in [0.2, 0.25) is 0 Å². The van der Waals surface area contributed by atoms with E-state index in [0.717, 1.165) is 10.8 Å². The molecular formula is C17H13NO5S. The van der Waals surface area contributed by atoms with Crippen molar-refractivity contribution < 1.29 is 22.9 Å². The second kappa shape index (κ2) is 5.95. The number of phenolic OH excluding ortho intramolecular Hbond substituents is 1. The molecule has 0 aromatic heterocycles. The van der Waals surface area contributed by atoms with Crippen LogP contribution in [0.3, 0.4) is 0 Å². The van der Waals surface area contributed by atoms with Crippen molar-refractivity contribution in [3.8, 4) is 5.75 Å². The lowest BCUT2D eigenvalue weighted by atomic mass is 10.1. The summed E-state index contributed by atoms with van der Waals surface area (Å²) in [4.78, 5) is 12.0. The van der Waals surface area contributed by atoms with Crippen LogP contribution in [0, 0.1) is 0 Å². The predicted octanol–water partition coefficient (Wildman–Crippen LogP) is 3.04. The van der Waals surface area contributed by atoms with Crippen LogP contribution in [0.15, 0.2) is 65.6 Å². The Bertz CT molecular complexity index is 1040. The van der Waals surface area contributed by atoms with Crippen molar-refractivity contribution in [1.82, 2.24) is 0 Å². The van der Waals surface area contributed by atoms with Crippen LogP contribution >= 0.6 is 0 Å². The minimum Gasteiger partial charge on any atom is -0.507 e. The summed E-state index contributed by atoms with van der Waals surface area (Å²) in [5.74, 6) is -0.912. The minimum atomic E-state index is -4.48. The standard InChI is InChI=1S/C17H13NO5S/c19-15-10-12-6-2-1-5-11(12)9-13(15)17(20)18-14-7-3-4-8-16(14)24(21,22)23/h1-10,19H,(H,18,20)(H,21,22,23). The highest BCUT2D eigenvalue weighted by atomic mass is 32.2. The van der Waals surface area contributed by atoms with E-state index >= 15 is 0 Å². The molecule has 3 aromatic carbocycles. The highest BCUT2D eigenvalue weighted by Gasteiger charge is 2.19. The summed E-state index contributed by atoms with van der Waals surface area (Å²) in [7, 11) is -4.48. The van der Waals surface area contributed by atoms with Crippen molar-refractivity contribution in [2.75, 3.05) is 5.32 Å². The quantitative estimate of drug-likeness (QED) is 0.634. The van der Waals surface area contributed by atoms with Gasteiger partial charge in [0.2, 0.25) is 0 Å². The number of aromatic hydroxyl groups is 1. The molecule has 0 heterocycles. The molecule has 0 bridgehead atoms. The zero-order valence-electron chi connectivity index (χ0n) is 12.3. The number of phenols is 1. The molecule has 1 amide bonds. The van der Waals surface area contributed by atoms with Gasteiger partial charge in [-0.2, -0.15) is 8.42 Å². The SMILES string of the molecule is O=C(Nc1ccccc1S(=O)(=O)O)c1cc2ccccc2cc1O. The lowest BCUT2D eigenvalue weighted by molar-refractivity contribution is 0.102. The Kier molecular flexibility index (Phi) is 3.96. The summed E-state index contributed by atoms with van der Waals surface area (Å²) in [5, 5.41) is 14.0. The lowest BCUT2D eigenvalue weighted by Crippen LogP contribution is -2.14. The van der Waals surface area contributed by atoms with Crippen LogP contribution in [0.5, 0.6) is 5.75 Å². The molecule has 0 aliphatic carbocycles. The molecule has 0 aliphatic rings. The summed E-state index contributed by atoms with van der Waals surface area (Å²) in [6, 6.07) is 15.6. The number of hydrogen-bond acceptors (Lipinski definition) is 4. The fourth-order valence-corrected chi connectivity index (χ4v) is 3.04. The molecule has 0 unspecified atom stereocenters. The second-order valence-corrected chi connectivity index (χ2v) is 6.53. The fraction of sp³-hybridized carbons (Fsp3) is 0. The van der Waals surface area contributed by atoms with E-state index < -0.39 is 20.9 Å². The maximum atomic E-state index is 12.4. The van der Waals surface area contributed by atoms with Gasteiger partial charge in [0.1, 0.15) is 10.6 Å². The number of carbonyl (C=O) groups is 1. The van der Waals surface area contributed by atoms with E-state index in [2.05, 4.69) is 5.32 Å². The van der Waals surface area contributed by atoms with E-state index in [1.54, 1.807) is 18.2 Å². The second-order valence-electron chi connectivity index (χ2n) is 5.14. The smallest absolute Gasteiger partial charge is 0.296 e. The Hall–Kier alpha value is -2.90. The van der Waals surface area contributed by atoms with Crippen LogP contribution in [-0.2, 0) is 10.1 Å². The molecule has 3 aromatic rings. The average Bonchev–Trinajstić information content (AvgIpc) is 2.53. The van der Waals surface area contributed by atoms with Gasteiger partial charge < -0.3 is 10.4 Å². The molecule has 3 rings (SSSR count). The average molecular weight is 343 g/mol. The van der Waals surface area contributed by atoms with Crippen molar-refractivity contribution >= 4 is 32.5 Å². The van der Waals surface area contributed by atoms with Crippen molar-refractivity contribution in [1.29, 1.82) is 0 Å². The summed E-state index contributed by atoms with van der Waals surface area (Å²) >= 11 is 0. The number of anilines is 1. The van der Waals surface area contributed by atoms with Gasteiger partial charge in [-0.15, -0.1) is 0 Å². The Morgan fingerprint density at radius 1 is 0.917 bits per heavy atom. The Morgan fingerprint density at radius 3 is 2.17 bits per heavy atom. The molecule has 122 valence electrons. The minimum absolute atomic E-state index is 0.00107. The first kappa shape index (κ1) is 16.0. The van der Waals surface area contributed by atoms with Gasteiger partial charge in [-0.25, -0.2) is 0 Å². The molecule has 0 saturated heterocycles. The number of carbonyl (C=O) groups excluding carboxylic acids is 1. The third kappa shape index (κ3) is 3.08. The van der Waals surface area contributed by atoms with Crippen LogP contribution in [-0.4, -0.2) is 24.0 Å². The first-order chi connectivity index (χ1) is 11.4. The van der Waals surface area contributed by atoms with Gasteiger partial charge in [0, 0.05) is 0 Å². The summed E-state index contributed by atoms with van der Waals surface area (Å²) in [6.07, 6.45) is 0. The monoisotopic (exact) mass is 343 g/mol. The largest absolute Gasteiger partial charge is 0.507 e. The Morgan fingerprint density at radius 2 is 1.50 bits per heavy atom. The predicted molar refractivity (Wildman–Crippen MR) is 89.8 cm³/mol. The fourth-order valence-electron chi connectivity index (χ4n) is 2.39. The molecule has 7 heteroatoms. The van der Waals surface area contributed by atoms with Crippen LogP contribution in [0.25, 0.3) is 10.8 Å². The first-order valence-electron chi connectivity index (χ1n) is 6.96. The number of hydrogen-bond donors (Lipinski definition) is 3. The van der Waals surface area contributed by atoms with E-state index in [4.69, 9.17) is 0 Å². The maximum absolute atomic E-state index is 12.4. The van der Waals surface area contributed by atoms with Gasteiger partial charge in [0.15, 0.2) is 0 Å². The van der Waals surface area contributed by atoms with Crippen molar-refractivity contribution in [3.05, 3.63) is 66.2 Å². The molecule has 24 heavy (non-hydrogen) atoms. The maximum Gasteiger partial charge on any atom is 0.296 e. The number of amides is 1. The molecule has 0 aliphatic heterocycles. The van der Waals surface area contributed by atoms with Gasteiger partial charge in [0.05, 0.1) is 11.3 Å². The summed E-state index contributed by atoms with van der Waals surface area (Å²) in [5.41, 5.74) is -0.0728. The highest BCUT2D eigenvalue weighted by molar-refractivity contribution is 7.86. The summed E-state index contributed by atoms with van der Waals surface area (Å²) in [6.45, 7) is 0. The van der Waals surface area contributed by atoms with Crippen LogP contribution in [0.4, 0.5) is 5.69 Å². The molecule has 0 spiro atoms. The zero-order valence-corrected chi connectivity index (χ0v) is 13.1. The molecule has 0 radical (unpaired) electrons. The molecule has 0 atom stereocenters. The van der Waals surface area contributed by atoms with Gasteiger partial charge in [-0.05, 0) is 35.0 Å². The number of para-hydroxylation sites is 1. The van der Waals surface area contributed by atoms with Crippen molar-refractivity contribution in [3.63, 3.8) is 0 Å². The highest BCUT2D eigenvalue weighted by Crippen LogP contribution is 2.27. The van der Waals surface area contributed by atoms with Crippen molar-refractivity contribution in [2.24, 2.45) is 0 Å². The Balaban J connectivity index is 2.01. The van der Waals surface area contributed by atoms with Gasteiger partial charge >= 0.3 is 0 Å². The molecule has 0 saturated carbocycles. The number of rotatable bonds is 3. The van der Waals surface area contributed by atoms with Crippen LogP contribution < -0.4 is 5.32 Å². The van der Waals surface area contributed by atoms with E-state index in [1.807, 2.05) is 6.07 Å². The van der Waals surface area contributed by atoms with Crippen molar-refractivity contribution in [2.45, 2.75) is 4.90 Å². The molecule has 3 N–H and O–H groups in total. The van der Waals surface area contributed by atoms with E-state index in [9.17, 15) is 22.9 Å². The number of benzene rings is 3. The van der Waals surface area contributed by atoms with E-state index in [-0.39, 0.29) is 17.0 Å². The lowest BCUT2D eigenvalue weighted by Gasteiger charge is -2.11. The number of fused-ring (bicyclic) bond motifs is 1. The number of nitrogens with one attached hydrogen (secondary N) is 1. The molecular weight excluding hydrogens is 330 g/mol. The molecule has 0 fully saturated rings. The van der Waals surface area contributed by atoms with E-state index in [0.29, 0.717) is 0 Å². The third-order valence-corrected chi connectivity index (χ3v) is 4.43. The van der Waals surface area contributed by atoms with Crippen LogP contribution in [0.1, 0.15) is 10.4 Å². The Labute approximate surface area is 138 Å². The zero-order chi connectivity index (χ0) is 17.3. The third-order valence-electron chi connectivity index (χ3n) is 3.52. The van der Waals surface area contributed by atoms with E-state index in [1.165, 1.54) is 36.4 Å². The topological polar surface area (TPSA) is 104 Å². The normalized spacial score (nSPS) is 11.4. The molecule has 6 nitrogen and oxygen atoms in total. The first-order valence-corrected chi connectivity index (χ1v) is 8.40. The van der Waals surface area contributed by atoms with Gasteiger partial charge in [-0.1, -0.05) is 36.4 Å². The van der Waals surface area contributed by atoms with Gasteiger partial charge in [0.25, 0.3) is 16.0 Å². The summed E-state index contributed by atoms with van der Waals surface area (Å²) < 4.78 is 32.0.